The largest absolute Gasteiger partial charge is 0.360 e. The summed E-state index contributed by atoms with van der Waals surface area (Å²) < 4.78 is 16.6. The maximum absolute atomic E-state index is 14.5. The number of benzene rings is 2. The van der Waals surface area contributed by atoms with E-state index in [1.54, 1.807) is 18.3 Å². The third-order valence-corrected chi connectivity index (χ3v) is 6.88. The first-order valence-corrected chi connectivity index (χ1v) is 11.6. The molecule has 158 valence electrons. The van der Waals surface area contributed by atoms with Crippen molar-refractivity contribution in [2.75, 3.05) is 5.75 Å². The van der Waals surface area contributed by atoms with Gasteiger partial charge in [0.2, 0.25) is 0 Å². The molecule has 1 aliphatic rings. The Morgan fingerprint density at radius 3 is 2.68 bits per heavy atom. The number of nitrogens with one attached hydrogen (secondary N) is 1. The molecule has 1 N–H and O–H groups in total. The molecular weight excluding hydrogens is 411 g/mol. The fraction of sp³-hybridized carbons (Fsp3) is 0.292. The summed E-state index contributed by atoms with van der Waals surface area (Å²) in [7, 11) is 0. The van der Waals surface area contributed by atoms with E-state index in [2.05, 4.69) is 19.7 Å². The molecule has 1 aliphatic carbocycles. The first-order valence-electron chi connectivity index (χ1n) is 10.6. The lowest BCUT2D eigenvalue weighted by molar-refractivity contribution is 0.102. The summed E-state index contributed by atoms with van der Waals surface area (Å²) in [4.78, 5) is 16.1. The second kappa shape index (κ2) is 8.67. The van der Waals surface area contributed by atoms with Gasteiger partial charge < -0.3 is 4.98 Å². The molecule has 2 aromatic heterocycles. The van der Waals surface area contributed by atoms with Crippen LogP contribution in [0, 0.1) is 5.82 Å². The van der Waals surface area contributed by atoms with Crippen LogP contribution in [0.1, 0.15) is 48.5 Å². The van der Waals surface area contributed by atoms with E-state index >= 15 is 0 Å². The molecule has 1 fully saturated rings. The lowest BCUT2D eigenvalue weighted by atomic mass is 9.95. The summed E-state index contributed by atoms with van der Waals surface area (Å²) in [5, 5.41) is 10.3. The van der Waals surface area contributed by atoms with Crippen LogP contribution in [0.3, 0.4) is 0 Å². The minimum Gasteiger partial charge on any atom is -0.360 e. The number of fused-ring (bicyclic) bond motifs is 1. The molecule has 0 amide bonds. The molecule has 5 rings (SSSR count). The first-order chi connectivity index (χ1) is 15.2. The van der Waals surface area contributed by atoms with Crippen molar-refractivity contribution < 1.29 is 9.18 Å². The molecule has 5 nitrogen and oxygen atoms in total. The number of ketones is 1. The van der Waals surface area contributed by atoms with E-state index in [4.69, 9.17) is 0 Å². The summed E-state index contributed by atoms with van der Waals surface area (Å²) in [6.07, 6.45) is 7.29. The van der Waals surface area contributed by atoms with Gasteiger partial charge in [0, 0.05) is 28.7 Å². The molecule has 2 heterocycles. The highest BCUT2D eigenvalue weighted by Gasteiger charge is 2.25. The number of H-pyrrole nitrogens is 1. The fourth-order valence-electron chi connectivity index (χ4n) is 4.38. The number of halogens is 1. The molecule has 4 aromatic rings. The van der Waals surface area contributed by atoms with E-state index in [-0.39, 0.29) is 23.4 Å². The Morgan fingerprint density at radius 1 is 1.06 bits per heavy atom. The number of carbonyl (C=O) groups is 1. The zero-order chi connectivity index (χ0) is 21.2. The molecule has 0 unspecified atom stereocenters. The number of thioether (sulfide) groups is 1. The zero-order valence-electron chi connectivity index (χ0n) is 17.1. The number of nitrogens with zero attached hydrogens (tertiary/aromatic N) is 3. The second-order valence-corrected chi connectivity index (χ2v) is 8.85. The molecule has 1 saturated carbocycles. The van der Waals surface area contributed by atoms with Crippen molar-refractivity contribution in [1.29, 1.82) is 0 Å². The molecule has 0 bridgehead atoms. The summed E-state index contributed by atoms with van der Waals surface area (Å²) in [6.45, 7) is 0. The second-order valence-electron chi connectivity index (χ2n) is 7.91. The van der Waals surface area contributed by atoms with Crippen molar-refractivity contribution in [2.24, 2.45) is 0 Å². The van der Waals surface area contributed by atoms with Crippen LogP contribution in [0.4, 0.5) is 4.39 Å². The predicted molar refractivity (Wildman–Crippen MR) is 121 cm³/mol. The molecule has 0 spiro atoms. The molecule has 0 atom stereocenters. The Labute approximate surface area is 184 Å². The highest BCUT2D eigenvalue weighted by Crippen LogP contribution is 2.36. The molecule has 0 radical (unpaired) electrons. The predicted octanol–water partition coefficient (Wildman–Crippen LogP) is 6.05. The maximum Gasteiger partial charge on any atom is 0.192 e. The van der Waals surface area contributed by atoms with Gasteiger partial charge in [0.25, 0.3) is 0 Å². The normalized spacial score (nSPS) is 14.9. The maximum atomic E-state index is 14.5. The van der Waals surface area contributed by atoms with Crippen LogP contribution in [-0.4, -0.2) is 31.3 Å². The number of aromatic amines is 1. The summed E-state index contributed by atoms with van der Waals surface area (Å²) in [5.74, 6) is 0.530. The van der Waals surface area contributed by atoms with Crippen LogP contribution in [-0.2, 0) is 0 Å². The van der Waals surface area contributed by atoms with E-state index in [0.29, 0.717) is 22.1 Å². The van der Waals surface area contributed by atoms with Crippen molar-refractivity contribution in [2.45, 2.75) is 43.3 Å². The summed E-state index contributed by atoms with van der Waals surface area (Å²) in [5.41, 5.74) is 2.08. The van der Waals surface area contributed by atoms with Crippen LogP contribution in [0.25, 0.3) is 22.3 Å². The van der Waals surface area contributed by atoms with Crippen molar-refractivity contribution in [1.82, 2.24) is 19.7 Å². The smallest absolute Gasteiger partial charge is 0.192 e. The lowest BCUT2D eigenvalue weighted by Crippen LogP contribution is -2.16. The van der Waals surface area contributed by atoms with Gasteiger partial charge in [-0.2, -0.15) is 0 Å². The Hall–Kier alpha value is -2.93. The Balaban J connectivity index is 1.45. The average molecular weight is 435 g/mol. The van der Waals surface area contributed by atoms with Crippen LogP contribution < -0.4 is 0 Å². The van der Waals surface area contributed by atoms with Gasteiger partial charge in [0.05, 0.1) is 11.3 Å². The van der Waals surface area contributed by atoms with E-state index in [9.17, 15) is 9.18 Å². The molecule has 2 aromatic carbocycles. The van der Waals surface area contributed by atoms with Crippen molar-refractivity contribution in [3.63, 3.8) is 0 Å². The van der Waals surface area contributed by atoms with Crippen molar-refractivity contribution in [3.8, 4) is 11.4 Å². The van der Waals surface area contributed by atoms with E-state index in [0.717, 1.165) is 36.6 Å². The van der Waals surface area contributed by atoms with Gasteiger partial charge >= 0.3 is 0 Å². The molecule has 0 aliphatic heterocycles. The number of carbonyl (C=O) groups excluding carboxylic acids is 1. The van der Waals surface area contributed by atoms with Gasteiger partial charge in [-0.3, -0.25) is 9.36 Å². The van der Waals surface area contributed by atoms with Crippen LogP contribution >= 0.6 is 11.8 Å². The average Bonchev–Trinajstić information content (AvgIpc) is 3.43. The number of hydrogen-bond donors (Lipinski definition) is 1. The summed E-state index contributed by atoms with van der Waals surface area (Å²) in [6, 6.07) is 14.7. The monoisotopic (exact) mass is 434 g/mol. The number of para-hydroxylation sites is 1. The molecule has 31 heavy (non-hydrogen) atoms. The molecular formula is C24H23FN4OS. The number of Topliss-reactive ketones (excluding diaryl/α,β-unsaturated/α-hetero) is 1. The van der Waals surface area contributed by atoms with Gasteiger partial charge in [-0.1, -0.05) is 61.4 Å². The van der Waals surface area contributed by atoms with Crippen molar-refractivity contribution in [3.05, 3.63) is 66.1 Å². The third kappa shape index (κ3) is 3.90. The summed E-state index contributed by atoms with van der Waals surface area (Å²) >= 11 is 1.38. The number of rotatable bonds is 6. The number of aromatic nitrogens is 4. The van der Waals surface area contributed by atoms with Gasteiger partial charge in [-0.15, -0.1) is 10.2 Å². The third-order valence-electron chi connectivity index (χ3n) is 5.94. The zero-order valence-corrected chi connectivity index (χ0v) is 17.9. The molecule has 7 heteroatoms. The highest BCUT2D eigenvalue weighted by atomic mass is 32.2. The van der Waals surface area contributed by atoms with E-state index < -0.39 is 0 Å². The van der Waals surface area contributed by atoms with Gasteiger partial charge in [-0.25, -0.2) is 4.39 Å². The van der Waals surface area contributed by atoms with Crippen molar-refractivity contribution >= 4 is 28.4 Å². The number of hydrogen-bond acceptors (Lipinski definition) is 4. The van der Waals surface area contributed by atoms with E-state index in [1.807, 2.05) is 30.3 Å². The Morgan fingerprint density at radius 2 is 1.84 bits per heavy atom. The topological polar surface area (TPSA) is 63.6 Å². The van der Waals surface area contributed by atoms with Crippen LogP contribution in [0.2, 0.25) is 0 Å². The lowest BCUT2D eigenvalue weighted by Gasteiger charge is -2.25. The van der Waals surface area contributed by atoms with Gasteiger partial charge in [0.15, 0.2) is 16.8 Å². The van der Waals surface area contributed by atoms with E-state index in [1.165, 1.54) is 24.2 Å². The first kappa shape index (κ1) is 20.0. The molecule has 0 saturated heterocycles. The van der Waals surface area contributed by atoms with Crippen LogP contribution in [0.5, 0.6) is 0 Å². The standard InChI is InChI=1S/C24H23FN4OS/c25-20-12-6-4-11-18(20)23-27-28-24(29(23)16-8-2-1-3-9-16)31-15-22(30)19-14-26-21-13-7-5-10-17(19)21/h4-7,10-14,16,26H,1-3,8-9,15H2. The van der Waals surface area contributed by atoms with Gasteiger partial charge in [-0.05, 0) is 31.0 Å². The SMILES string of the molecule is O=C(CSc1nnc(-c2ccccc2F)n1C1CCCCC1)c1c[nH]c2ccccc12. The fourth-order valence-corrected chi connectivity index (χ4v) is 5.27. The van der Waals surface area contributed by atoms with Gasteiger partial charge in [0.1, 0.15) is 5.82 Å². The Bertz CT molecular complexity index is 1230. The quantitative estimate of drug-likeness (QED) is 0.297. The highest BCUT2D eigenvalue weighted by molar-refractivity contribution is 7.99. The minimum atomic E-state index is -0.307. The minimum absolute atomic E-state index is 0.0353. The van der Waals surface area contributed by atoms with Crippen LogP contribution in [0.15, 0.2) is 59.9 Å². The Kier molecular flexibility index (Phi) is 5.59.